The molecule has 1 rings (SSSR count). The third-order valence-corrected chi connectivity index (χ3v) is 2.38. The van der Waals surface area contributed by atoms with E-state index in [4.69, 9.17) is 21.4 Å². The molecule has 110 valence electrons. The maximum absolute atomic E-state index is 11.6. The largest absolute Gasteiger partial charge is 0.496 e. The Hall–Kier alpha value is -2.15. The SMILES string of the molecule is CC.COc1cc(Cl)c([N+](=O)[O-])cc1C(=O)CC(=O)O. The highest BCUT2D eigenvalue weighted by molar-refractivity contribution is 6.33. The molecule has 1 N–H and O–H groups in total. The molecular weight excluding hydrogens is 290 g/mol. The molecule has 1 aromatic carbocycles. The van der Waals surface area contributed by atoms with E-state index in [1.165, 1.54) is 7.11 Å². The molecule has 0 aromatic heterocycles. The second-order valence-corrected chi connectivity index (χ2v) is 3.66. The first-order valence-corrected chi connectivity index (χ1v) is 6.01. The maximum atomic E-state index is 11.6. The molecule has 0 aliphatic carbocycles. The zero-order valence-corrected chi connectivity index (χ0v) is 11.9. The zero-order valence-electron chi connectivity index (χ0n) is 11.2. The van der Waals surface area contributed by atoms with Crippen molar-refractivity contribution in [1.29, 1.82) is 0 Å². The van der Waals surface area contributed by atoms with Crippen LogP contribution in [-0.4, -0.2) is 28.9 Å². The number of methoxy groups -OCH3 is 1. The third kappa shape index (κ3) is 4.51. The Morgan fingerprint density at radius 3 is 2.35 bits per heavy atom. The van der Waals surface area contributed by atoms with Gasteiger partial charge in [-0.05, 0) is 0 Å². The Bertz CT molecular complexity index is 529. The highest BCUT2D eigenvalue weighted by Gasteiger charge is 2.22. The van der Waals surface area contributed by atoms with E-state index in [1.54, 1.807) is 0 Å². The molecular formula is C12H14ClNO6. The van der Waals surface area contributed by atoms with Gasteiger partial charge in [0, 0.05) is 12.1 Å². The topological polar surface area (TPSA) is 107 Å². The van der Waals surface area contributed by atoms with E-state index >= 15 is 0 Å². The average Bonchev–Trinajstić information content (AvgIpc) is 2.39. The fraction of sp³-hybridized carbons (Fsp3) is 0.333. The minimum Gasteiger partial charge on any atom is -0.496 e. The number of carbonyl (C=O) groups is 2. The van der Waals surface area contributed by atoms with Crippen molar-refractivity contribution in [2.24, 2.45) is 0 Å². The van der Waals surface area contributed by atoms with Crippen LogP contribution >= 0.6 is 11.6 Å². The van der Waals surface area contributed by atoms with Crippen molar-refractivity contribution in [3.8, 4) is 5.75 Å². The van der Waals surface area contributed by atoms with Gasteiger partial charge in [-0.15, -0.1) is 0 Å². The van der Waals surface area contributed by atoms with E-state index in [1.807, 2.05) is 13.8 Å². The number of carbonyl (C=O) groups excluding carboxylic acids is 1. The summed E-state index contributed by atoms with van der Waals surface area (Å²) >= 11 is 5.64. The predicted molar refractivity (Wildman–Crippen MR) is 72.6 cm³/mol. The number of benzene rings is 1. The van der Waals surface area contributed by atoms with Crippen LogP contribution in [-0.2, 0) is 4.79 Å². The van der Waals surface area contributed by atoms with Gasteiger partial charge in [0.2, 0.25) is 0 Å². The molecule has 0 heterocycles. The summed E-state index contributed by atoms with van der Waals surface area (Å²) < 4.78 is 4.84. The van der Waals surface area contributed by atoms with E-state index < -0.39 is 28.8 Å². The van der Waals surface area contributed by atoms with Gasteiger partial charge in [-0.25, -0.2) is 0 Å². The number of nitrogens with zero attached hydrogens (tertiary/aromatic N) is 1. The highest BCUT2D eigenvalue weighted by Crippen LogP contribution is 2.32. The van der Waals surface area contributed by atoms with E-state index in [9.17, 15) is 19.7 Å². The molecule has 7 nitrogen and oxygen atoms in total. The van der Waals surface area contributed by atoms with Gasteiger partial charge >= 0.3 is 5.97 Å². The van der Waals surface area contributed by atoms with E-state index in [-0.39, 0.29) is 16.3 Å². The van der Waals surface area contributed by atoms with Crippen LogP contribution in [0, 0.1) is 10.1 Å². The second-order valence-electron chi connectivity index (χ2n) is 3.25. The lowest BCUT2D eigenvalue weighted by Crippen LogP contribution is -2.09. The molecule has 0 spiro atoms. The van der Waals surface area contributed by atoms with Crippen molar-refractivity contribution in [2.75, 3.05) is 7.11 Å². The fourth-order valence-corrected chi connectivity index (χ4v) is 1.53. The van der Waals surface area contributed by atoms with Crippen molar-refractivity contribution in [3.63, 3.8) is 0 Å². The molecule has 0 amide bonds. The van der Waals surface area contributed by atoms with Crippen LogP contribution in [0.5, 0.6) is 5.75 Å². The summed E-state index contributed by atoms with van der Waals surface area (Å²) in [6, 6.07) is 2.02. The second kappa shape index (κ2) is 8.11. The number of ketones is 1. The van der Waals surface area contributed by atoms with Crippen LogP contribution in [0.2, 0.25) is 5.02 Å². The number of carboxylic acids is 1. The molecule has 1 aromatic rings. The maximum Gasteiger partial charge on any atom is 0.311 e. The van der Waals surface area contributed by atoms with Crippen LogP contribution in [0.3, 0.4) is 0 Å². The van der Waals surface area contributed by atoms with Gasteiger partial charge in [-0.3, -0.25) is 19.7 Å². The first-order valence-electron chi connectivity index (χ1n) is 5.63. The van der Waals surface area contributed by atoms with Crippen LogP contribution < -0.4 is 4.74 Å². The molecule has 0 atom stereocenters. The zero-order chi connectivity index (χ0) is 15.9. The summed E-state index contributed by atoms with van der Waals surface area (Å²) in [4.78, 5) is 31.9. The highest BCUT2D eigenvalue weighted by atomic mass is 35.5. The van der Waals surface area contributed by atoms with E-state index in [0.717, 1.165) is 12.1 Å². The molecule has 0 radical (unpaired) electrons. The number of rotatable bonds is 5. The van der Waals surface area contributed by atoms with E-state index in [0.29, 0.717) is 0 Å². The molecule has 0 fully saturated rings. The number of ether oxygens (including phenoxy) is 1. The summed E-state index contributed by atoms with van der Waals surface area (Å²) in [7, 11) is 1.25. The third-order valence-electron chi connectivity index (χ3n) is 2.08. The van der Waals surface area contributed by atoms with Crippen LogP contribution in [0.15, 0.2) is 12.1 Å². The molecule has 0 bridgehead atoms. The molecule has 0 saturated carbocycles. The normalized spacial score (nSPS) is 9.20. The summed E-state index contributed by atoms with van der Waals surface area (Å²) in [5, 5.41) is 19.0. The van der Waals surface area contributed by atoms with Gasteiger partial charge in [-0.1, -0.05) is 25.4 Å². The van der Waals surface area contributed by atoms with Gasteiger partial charge < -0.3 is 9.84 Å². The lowest BCUT2D eigenvalue weighted by molar-refractivity contribution is -0.384. The van der Waals surface area contributed by atoms with Gasteiger partial charge in [0.1, 0.15) is 17.2 Å². The first-order chi connectivity index (χ1) is 9.36. The molecule has 0 aliphatic rings. The van der Waals surface area contributed by atoms with Crippen molar-refractivity contribution in [2.45, 2.75) is 20.3 Å². The first kappa shape index (κ1) is 17.8. The number of aliphatic carboxylic acids is 1. The van der Waals surface area contributed by atoms with Crippen LogP contribution in [0.25, 0.3) is 0 Å². The van der Waals surface area contributed by atoms with Crippen molar-refractivity contribution in [1.82, 2.24) is 0 Å². The average molecular weight is 304 g/mol. The standard InChI is InChI=1S/C10H8ClNO6.C2H6/c1-18-9-3-6(11)7(12(16)17)2-5(9)8(13)4-10(14)15;1-2/h2-3H,4H2,1H3,(H,14,15);1-2H3. The quantitative estimate of drug-likeness (QED) is 0.388. The Balaban J connectivity index is 0.00000172. The van der Waals surface area contributed by atoms with Crippen LogP contribution in [0.4, 0.5) is 5.69 Å². The lowest BCUT2D eigenvalue weighted by atomic mass is 10.1. The molecule has 20 heavy (non-hydrogen) atoms. The Kier molecular flexibility index (Phi) is 7.24. The Morgan fingerprint density at radius 2 is 1.95 bits per heavy atom. The van der Waals surface area contributed by atoms with Crippen molar-refractivity contribution in [3.05, 3.63) is 32.8 Å². The summed E-state index contributed by atoms with van der Waals surface area (Å²) in [6.45, 7) is 4.00. The summed E-state index contributed by atoms with van der Waals surface area (Å²) in [5.41, 5.74) is -0.665. The number of hydrogen-bond acceptors (Lipinski definition) is 5. The number of hydrogen-bond donors (Lipinski definition) is 1. The van der Waals surface area contributed by atoms with Gasteiger partial charge in [0.25, 0.3) is 5.69 Å². The van der Waals surface area contributed by atoms with Gasteiger partial charge in [0.15, 0.2) is 5.78 Å². The number of nitro groups is 1. The lowest BCUT2D eigenvalue weighted by Gasteiger charge is -2.07. The molecule has 0 saturated heterocycles. The summed E-state index contributed by atoms with van der Waals surface area (Å²) in [5.74, 6) is -2.13. The monoisotopic (exact) mass is 303 g/mol. The summed E-state index contributed by atoms with van der Waals surface area (Å²) in [6.07, 6.45) is -0.783. The van der Waals surface area contributed by atoms with E-state index in [2.05, 4.69) is 0 Å². The minimum atomic E-state index is -1.33. The number of Topliss-reactive ketones (excluding diaryl/α,β-unsaturated/α-hetero) is 1. The smallest absolute Gasteiger partial charge is 0.311 e. The van der Waals surface area contributed by atoms with Crippen LogP contribution in [0.1, 0.15) is 30.6 Å². The number of carboxylic acid groups (broad SMARTS) is 1. The van der Waals surface area contributed by atoms with Crippen molar-refractivity contribution < 1.29 is 24.4 Å². The Morgan fingerprint density at radius 1 is 1.40 bits per heavy atom. The minimum absolute atomic E-state index is 0.00292. The Labute approximate surface area is 120 Å². The molecule has 0 aliphatic heterocycles. The molecule has 0 unspecified atom stereocenters. The fourth-order valence-electron chi connectivity index (χ4n) is 1.30. The predicted octanol–water partition coefficient (Wildman–Crippen LogP) is 2.94. The molecule has 8 heteroatoms. The van der Waals surface area contributed by atoms with Gasteiger partial charge in [0.05, 0.1) is 17.6 Å². The number of nitro benzene ring substituents is 1. The number of halogens is 1. The van der Waals surface area contributed by atoms with Crippen molar-refractivity contribution >= 4 is 29.0 Å². The van der Waals surface area contributed by atoms with Gasteiger partial charge in [-0.2, -0.15) is 0 Å².